The van der Waals surface area contributed by atoms with Gasteiger partial charge >= 0.3 is 6.18 Å². The lowest BCUT2D eigenvalue weighted by Crippen LogP contribution is -2.53. The number of rotatable bonds is 2. The van der Waals surface area contributed by atoms with Gasteiger partial charge in [0.25, 0.3) is 11.8 Å². The van der Waals surface area contributed by atoms with Crippen LogP contribution in [0.15, 0.2) is 53.0 Å². The molecule has 164 valence electrons. The summed E-state index contributed by atoms with van der Waals surface area (Å²) in [7, 11) is 0. The van der Waals surface area contributed by atoms with Crippen molar-refractivity contribution in [2.75, 3.05) is 25.4 Å². The van der Waals surface area contributed by atoms with Crippen LogP contribution in [0.25, 0.3) is 0 Å². The van der Waals surface area contributed by atoms with E-state index in [4.69, 9.17) is 0 Å². The molecule has 2 aromatic rings. The Morgan fingerprint density at radius 3 is 2.26 bits per heavy atom. The van der Waals surface area contributed by atoms with Crippen molar-refractivity contribution in [2.45, 2.75) is 23.9 Å². The molecular weight excluding hydrogens is 493 g/mol. The lowest BCUT2D eigenvalue weighted by molar-refractivity contribution is -0.137. The predicted molar refractivity (Wildman–Crippen MR) is 117 cm³/mol. The summed E-state index contributed by atoms with van der Waals surface area (Å²) in [6, 6.07) is 11.8. The van der Waals surface area contributed by atoms with Gasteiger partial charge in [0.2, 0.25) is 0 Å². The first-order valence-corrected chi connectivity index (χ1v) is 11.7. The van der Waals surface area contributed by atoms with Gasteiger partial charge in [-0.3, -0.25) is 9.59 Å². The van der Waals surface area contributed by atoms with Crippen molar-refractivity contribution in [1.29, 1.82) is 0 Å². The zero-order valence-corrected chi connectivity index (χ0v) is 18.9. The molecule has 2 aliphatic rings. The standard InChI is InChI=1S/C22H20BrF3N2O2S/c23-18-6-4-15(5-7-18)20(30)28-12-13-31-21(28)8-10-27(11-9-21)19(29)16-2-1-3-17(14-16)22(24,25)26/h1-7,14H,8-13H2. The maximum Gasteiger partial charge on any atom is 0.416 e. The lowest BCUT2D eigenvalue weighted by Gasteiger charge is -2.44. The Kier molecular flexibility index (Phi) is 6.09. The molecule has 0 unspecified atom stereocenters. The number of carbonyl (C=O) groups is 2. The minimum absolute atomic E-state index is 0.0323. The smallest absolute Gasteiger partial charge is 0.338 e. The van der Waals surface area contributed by atoms with Gasteiger partial charge in [0.05, 0.1) is 10.4 Å². The highest BCUT2D eigenvalue weighted by Crippen LogP contribution is 2.44. The van der Waals surface area contributed by atoms with Gasteiger partial charge < -0.3 is 9.80 Å². The molecule has 2 aliphatic heterocycles. The van der Waals surface area contributed by atoms with Crippen molar-refractivity contribution in [3.05, 3.63) is 69.7 Å². The average Bonchev–Trinajstić information content (AvgIpc) is 3.16. The number of amides is 2. The zero-order valence-electron chi connectivity index (χ0n) is 16.5. The van der Waals surface area contributed by atoms with Gasteiger partial charge in [0.1, 0.15) is 0 Å². The molecule has 2 saturated heterocycles. The summed E-state index contributed by atoms with van der Waals surface area (Å²) in [6.07, 6.45) is -3.31. The second kappa shape index (κ2) is 8.50. The Labute approximate surface area is 190 Å². The summed E-state index contributed by atoms with van der Waals surface area (Å²) in [4.78, 5) is 29.0. The molecule has 1 spiro atoms. The molecule has 0 aliphatic carbocycles. The molecule has 9 heteroatoms. The fraction of sp³-hybridized carbons (Fsp3) is 0.364. The molecule has 0 saturated carbocycles. The third-order valence-electron chi connectivity index (χ3n) is 5.78. The van der Waals surface area contributed by atoms with Crippen LogP contribution in [0.2, 0.25) is 0 Å². The van der Waals surface area contributed by atoms with E-state index in [1.807, 2.05) is 17.0 Å². The van der Waals surface area contributed by atoms with Gasteiger partial charge in [-0.1, -0.05) is 22.0 Å². The molecule has 2 heterocycles. The number of alkyl halides is 3. The number of hydrogen-bond acceptors (Lipinski definition) is 3. The zero-order chi connectivity index (χ0) is 22.2. The van der Waals surface area contributed by atoms with E-state index in [1.165, 1.54) is 12.1 Å². The van der Waals surface area contributed by atoms with Crippen LogP contribution in [0.5, 0.6) is 0 Å². The molecule has 2 aromatic carbocycles. The Balaban J connectivity index is 1.46. The van der Waals surface area contributed by atoms with Crippen molar-refractivity contribution in [3.63, 3.8) is 0 Å². The highest BCUT2D eigenvalue weighted by Gasteiger charge is 2.47. The van der Waals surface area contributed by atoms with Crippen molar-refractivity contribution in [2.24, 2.45) is 0 Å². The van der Waals surface area contributed by atoms with Crippen LogP contribution in [0.1, 0.15) is 39.1 Å². The largest absolute Gasteiger partial charge is 0.416 e. The third-order valence-corrected chi connectivity index (χ3v) is 7.86. The Morgan fingerprint density at radius 1 is 0.935 bits per heavy atom. The number of hydrogen-bond donors (Lipinski definition) is 0. The summed E-state index contributed by atoms with van der Waals surface area (Å²) < 4.78 is 39.9. The second-order valence-corrected chi connectivity index (χ2v) is 10.0. The SMILES string of the molecule is O=C(c1cccc(C(F)(F)F)c1)N1CCC2(CC1)SCCN2C(=O)c1ccc(Br)cc1. The second-order valence-electron chi connectivity index (χ2n) is 7.63. The first-order valence-electron chi connectivity index (χ1n) is 9.88. The van der Waals surface area contributed by atoms with E-state index in [-0.39, 0.29) is 16.3 Å². The molecule has 2 amide bonds. The fourth-order valence-corrected chi connectivity index (χ4v) is 5.85. The number of likely N-dealkylation sites (tertiary alicyclic amines) is 1. The minimum atomic E-state index is -4.49. The van der Waals surface area contributed by atoms with Gasteiger partial charge in [0, 0.05) is 41.0 Å². The number of thioether (sulfide) groups is 1. The van der Waals surface area contributed by atoms with E-state index in [0.29, 0.717) is 38.0 Å². The van der Waals surface area contributed by atoms with Gasteiger partial charge in [0.15, 0.2) is 0 Å². The fourth-order valence-electron chi connectivity index (χ4n) is 4.13. The lowest BCUT2D eigenvalue weighted by atomic mass is 9.99. The molecule has 2 fully saturated rings. The van der Waals surface area contributed by atoms with Crippen molar-refractivity contribution in [3.8, 4) is 0 Å². The summed E-state index contributed by atoms with van der Waals surface area (Å²) in [5.74, 6) is 0.383. The van der Waals surface area contributed by atoms with E-state index in [9.17, 15) is 22.8 Å². The van der Waals surface area contributed by atoms with Gasteiger partial charge in [-0.25, -0.2) is 0 Å². The highest BCUT2D eigenvalue weighted by atomic mass is 79.9. The molecule has 0 radical (unpaired) electrons. The van der Waals surface area contributed by atoms with Crippen molar-refractivity contribution >= 4 is 39.5 Å². The summed E-state index contributed by atoms with van der Waals surface area (Å²) in [6.45, 7) is 1.43. The molecular formula is C22H20BrF3N2O2S. The van der Waals surface area contributed by atoms with Gasteiger partial charge in [-0.15, -0.1) is 11.8 Å². The first kappa shape index (κ1) is 22.2. The van der Waals surface area contributed by atoms with E-state index in [2.05, 4.69) is 15.9 Å². The molecule has 0 aromatic heterocycles. The number of carbonyl (C=O) groups excluding carboxylic acids is 2. The topological polar surface area (TPSA) is 40.6 Å². The van der Waals surface area contributed by atoms with E-state index < -0.39 is 17.6 Å². The highest BCUT2D eigenvalue weighted by molar-refractivity contribution is 9.10. The van der Waals surface area contributed by atoms with Crippen LogP contribution in [0.3, 0.4) is 0 Å². The van der Waals surface area contributed by atoms with Gasteiger partial charge in [-0.05, 0) is 55.3 Å². The normalized spacial score (nSPS) is 18.5. The van der Waals surface area contributed by atoms with Crippen LogP contribution in [-0.4, -0.2) is 51.9 Å². The Bertz CT molecular complexity index is 989. The maximum atomic E-state index is 13.1. The minimum Gasteiger partial charge on any atom is -0.338 e. The number of benzene rings is 2. The monoisotopic (exact) mass is 512 g/mol. The van der Waals surface area contributed by atoms with Crippen LogP contribution in [-0.2, 0) is 6.18 Å². The summed E-state index contributed by atoms with van der Waals surface area (Å²) in [5, 5.41) is 0. The van der Waals surface area contributed by atoms with Crippen molar-refractivity contribution in [1.82, 2.24) is 9.80 Å². The Hall–Kier alpha value is -2.00. The van der Waals surface area contributed by atoms with E-state index in [0.717, 1.165) is 22.4 Å². The van der Waals surface area contributed by atoms with Crippen LogP contribution < -0.4 is 0 Å². The molecule has 0 atom stereocenters. The first-order chi connectivity index (χ1) is 14.7. The van der Waals surface area contributed by atoms with Crippen LogP contribution in [0, 0.1) is 0 Å². The number of nitrogens with zero attached hydrogens (tertiary/aromatic N) is 2. The maximum absolute atomic E-state index is 13.1. The molecule has 0 N–H and O–H groups in total. The third kappa shape index (κ3) is 4.48. The quantitative estimate of drug-likeness (QED) is 0.548. The molecule has 4 rings (SSSR count). The predicted octanol–water partition coefficient (Wildman–Crippen LogP) is 5.29. The van der Waals surface area contributed by atoms with Crippen molar-refractivity contribution < 1.29 is 22.8 Å². The molecule has 4 nitrogen and oxygen atoms in total. The Morgan fingerprint density at radius 2 is 1.61 bits per heavy atom. The van der Waals surface area contributed by atoms with Gasteiger partial charge in [-0.2, -0.15) is 13.2 Å². The number of halogens is 4. The number of piperidine rings is 1. The van der Waals surface area contributed by atoms with E-state index >= 15 is 0 Å². The average molecular weight is 513 g/mol. The van der Waals surface area contributed by atoms with Crippen LogP contribution in [0.4, 0.5) is 13.2 Å². The molecule has 31 heavy (non-hydrogen) atoms. The summed E-state index contributed by atoms with van der Waals surface area (Å²) >= 11 is 5.10. The summed E-state index contributed by atoms with van der Waals surface area (Å²) in [5.41, 5.74) is -0.176. The molecule has 0 bridgehead atoms. The van der Waals surface area contributed by atoms with E-state index in [1.54, 1.807) is 28.8 Å². The van der Waals surface area contributed by atoms with Crippen LogP contribution >= 0.6 is 27.7 Å².